The number of hydrogen-bond acceptors (Lipinski definition) is 4. The minimum Gasteiger partial charge on any atom is -0.389 e. The molecule has 22 heavy (non-hydrogen) atoms. The van der Waals surface area contributed by atoms with Gasteiger partial charge in [0, 0.05) is 36.3 Å². The number of aliphatic hydroxyl groups is 1. The van der Waals surface area contributed by atoms with Crippen molar-refractivity contribution in [1.29, 1.82) is 0 Å². The lowest BCUT2D eigenvalue weighted by molar-refractivity contribution is 0.0692. The molecule has 2 aromatic heterocycles. The van der Waals surface area contributed by atoms with Crippen LogP contribution in [0.5, 0.6) is 0 Å². The van der Waals surface area contributed by atoms with Crippen LogP contribution in [0.15, 0.2) is 42.9 Å². The van der Waals surface area contributed by atoms with Crippen LogP contribution in [0, 0.1) is 11.8 Å². The lowest BCUT2D eigenvalue weighted by atomic mass is 10.1. The van der Waals surface area contributed by atoms with Crippen LogP contribution in [0.1, 0.15) is 35.5 Å². The molecule has 0 atom stereocenters. The second kappa shape index (κ2) is 6.83. The molecule has 0 aromatic carbocycles. The molecule has 5 nitrogen and oxygen atoms in total. The summed E-state index contributed by atoms with van der Waals surface area (Å²) in [5.41, 5.74) is 0.860. The zero-order chi connectivity index (χ0) is 16.0. The summed E-state index contributed by atoms with van der Waals surface area (Å²) in [5.74, 6) is 5.60. The van der Waals surface area contributed by atoms with E-state index in [9.17, 15) is 9.90 Å². The van der Waals surface area contributed by atoms with Gasteiger partial charge in [0.25, 0.3) is 5.91 Å². The van der Waals surface area contributed by atoms with E-state index in [-0.39, 0.29) is 18.1 Å². The van der Waals surface area contributed by atoms with Crippen LogP contribution in [0.3, 0.4) is 0 Å². The van der Waals surface area contributed by atoms with Crippen LogP contribution in [0.25, 0.3) is 0 Å². The molecule has 0 bridgehead atoms. The van der Waals surface area contributed by atoms with Gasteiger partial charge in [-0.3, -0.25) is 9.78 Å². The topological polar surface area (TPSA) is 75.1 Å². The van der Waals surface area contributed by atoms with E-state index in [1.54, 1.807) is 44.6 Å². The molecule has 0 aliphatic rings. The average Bonchev–Trinajstić information content (AvgIpc) is 2.51. The fourth-order valence-corrected chi connectivity index (χ4v) is 1.57. The first-order chi connectivity index (χ1) is 10.4. The third-order valence-corrected chi connectivity index (χ3v) is 2.69. The van der Waals surface area contributed by atoms with Crippen molar-refractivity contribution in [1.82, 2.24) is 15.3 Å². The van der Waals surface area contributed by atoms with Gasteiger partial charge in [-0.05, 0) is 38.1 Å². The van der Waals surface area contributed by atoms with Gasteiger partial charge in [0.1, 0.15) is 5.69 Å². The molecular weight excluding hydrogens is 278 g/mol. The van der Waals surface area contributed by atoms with Crippen LogP contribution in [0.4, 0.5) is 0 Å². The molecule has 2 rings (SSSR count). The van der Waals surface area contributed by atoms with Crippen LogP contribution in [0.2, 0.25) is 0 Å². The standard InChI is InChI=1S/C17H17N3O2/c1-17(2,22)12-20-16(21)15-8-7-14(11-19-15)6-5-13-4-3-9-18-10-13/h3-4,7-11,22H,12H2,1-2H3,(H,20,21). The fourth-order valence-electron chi connectivity index (χ4n) is 1.57. The number of rotatable bonds is 3. The van der Waals surface area contributed by atoms with Crippen molar-refractivity contribution in [2.75, 3.05) is 6.54 Å². The molecular formula is C17H17N3O2. The first-order valence-corrected chi connectivity index (χ1v) is 6.83. The quantitative estimate of drug-likeness (QED) is 0.839. The molecule has 0 fully saturated rings. The molecule has 0 spiro atoms. The highest BCUT2D eigenvalue weighted by molar-refractivity contribution is 5.92. The second-order valence-electron chi connectivity index (χ2n) is 5.42. The van der Waals surface area contributed by atoms with Gasteiger partial charge in [-0.15, -0.1) is 0 Å². The number of carbonyl (C=O) groups is 1. The number of nitrogens with one attached hydrogen (secondary N) is 1. The fraction of sp³-hybridized carbons (Fsp3) is 0.235. The Morgan fingerprint density at radius 3 is 2.50 bits per heavy atom. The maximum Gasteiger partial charge on any atom is 0.269 e. The summed E-state index contributed by atoms with van der Waals surface area (Å²) in [6.45, 7) is 3.41. The molecule has 0 unspecified atom stereocenters. The summed E-state index contributed by atoms with van der Waals surface area (Å²) in [5, 5.41) is 12.2. The Morgan fingerprint density at radius 1 is 1.23 bits per heavy atom. The zero-order valence-corrected chi connectivity index (χ0v) is 12.5. The second-order valence-corrected chi connectivity index (χ2v) is 5.42. The molecule has 2 heterocycles. The van der Waals surface area contributed by atoms with Crippen molar-refractivity contribution in [2.45, 2.75) is 19.4 Å². The van der Waals surface area contributed by atoms with Crippen molar-refractivity contribution in [2.24, 2.45) is 0 Å². The Bertz CT molecular complexity index is 693. The molecule has 112 valence electrons. The van der Waals surface area contributed by atoms with E-state index < -0.39 is 5.60 Å². The summed E-state index contributed by atoms with van der Waals surface area (Å²) in [4.78, 5) is 19.9. The Kier molecular flexibility index (Phi) is 4.87. The smallest absolute Gasteiger partial charge is 0.269 e. The highest BCUT2D eigenvalue weighted by Crippen LogP contribution is 2.02. The highest BCUT2D eigenvalue weighted by Gasteiger charge is 2.15. The third kappa shape index (κ3) is 5.00. The van der Waals surface area contributed by atoms with Crippen LogP contribution >= 0.6 is 0 Å². The normalized spacial score (nSPS) is 10.5. The number of hydrogen-bond donors (Lipinski definition) is 2. The van der Waals surface area contributed by atoms with E-state index in [2.05, 4.69) is 27.1 Å². The third-order valence-electron chi connectivity index (χ3n) is 2.69. The van der Waals surface area contributed by atoms with Gasteiger partial charge >= 0.3 is 0 Å². The van der Waals surface area contributed by atoms with Crippen molar-refractivity contribution < 1.29 is 9.90 Å². The maximum absolute atomic E-state index is 11.9. The molecule has 0 aliphatic carbocycles. The maximum atomic E-state index is 11.9. The largest absolute Gasteiger partial charge is 0.389 e. The van der Waals surface area contributed by atoms with E-state index in [1.165, 1.54) is 0 Å². The van der Waals surface area contributed by atoms with Crippen LogP contribution in [-0.2, 0) is 0 Å². The average molecular weight is 295 g/mol. The molecule has 5 heteroatoms. The minimum atomic E-state index is -0.954. The van der Waals surface area contributed by atoms with Gasteiger partial charge in [-0.1, -0.05) is 11.8 Å². The lowest BCUT2D eigenvalue weighted by Crippen LogP contribution is -2.38. The highest BCUT2D eigenvalue weighted by atomic mass is 16.3. The number of nitrogens with zero attached hydrogens (tertiary/aromatic N) is 2. The molecule has 2 N–H and O–H groups in total. The number of amides is 1. The van der Waals surface area contributed by atoms with Gasteiger partial charge in [0.15, 0.2) is 0 Å². The van der Waals surface area contributed by atoms with Crippen LogP contribution in [-0.4, -0.2) is 33.1 Å². The summed E-state index contributed by atoms with van der Waals surface area (Å²) in [6, 6.07) is 7.02. The van der Waals surface area contributed by atoms with Crippen LogP contribution < -0.4 is 5.32 Å². The van der Waals surface area contributed by atoms with Crippen molar-refractivity contribution in [3.63, 3.8) is 0 Å². The Morgan fingerprint density at radius 2 is 1.95 bits per heavy atom. The van der Waals surface area contributed by atoms with Gasteiger partial charge in [-0.25, -0.2) is 4.98 Å². The molecule has 0 aliphatic heterocycles. The SMILES string of the molecule is CC(C)(O)CNC(=O)c1ccc(C#Cc2cccnc2)cn1. The summed E-state index contributed by atoms with van der Waals surface area (Å²) >= 11 is 0. The Balaban J connectivity index is 2.02. The van der Waals surface area contributed by atoms with Gasteiger partial charge in [-0.2, -0.15) is 0 Å². The van der Waals surface area contributed by atoms with Gasteiger partial charge in [0.2, 0.25) is 0 Å². The first kappa shape index (κ1) is 15.7. The van der Waals surface area contributed by atoms with Crippen molar-refractivity contribution in [3.05, 3.63) is 59.7 Å². The van der Waals surface area contributed by atoms with E-state index in [4.69, 9.17) is 0 Å². The monoisotopic (exact) mass is 295 g/mol. The molecule has 2 aromatic rings. The van der Waals surface area contributed by atoms with Gasteiger partial charge < -0.3 is 10.4 Å². The van der Waals surface area contributed by atoms with E-state index in [0.717, 1.165) is 5.56 Å². The summed E-state index contributed by atoms with van der Waals surface area (Å²) in [7, 11) is 0. The predicted molar refractivity (Wildman–Crippen MR) is 83.1 cm³/mol. The van der Waals surface area contributed by atoms with Crippen molar-refractivity contribution in [3.8, 4) is 11.8 Å². The number of pyridine rings is 2. The minimum absolute atomic E-state index is 0.163. The molecule has 0 saturated carbocycles. The van der Waals surface area contributed by atoms with E-state index >= 15 is 0 Å². The summed E-state index contributed by atoms with van der Waals surface area (Å²) < 4.78 is 0. The lowest BCUT2D eigenvalue weighted by Gasteiger charge is -2.17. The number of carbonyl (C=O) groups excluding carboxylic acids is 1. The number of aromatic nitrogens is 2. The predicted octanol–water partition coefficient (Wildman–Crippen LogP) is 1.38. The summed E-state index contributed by atoms with van der Waals surface area (Å²) in [6.07, 6.45) is 4.91. The van der Waals surface area contributed by atoms with E-state index in [1.807, 2.05) is 12.1 Å². The Labute approximate surface area is 129 Å². The molecule has 0 saturated heterocycles. The zero-order valence-electron chi connectivity index (χ0n) is 12.5. The molecule has 0 radical (unpaired) electrons. The Hall–Kier alpha value is -2.71. The van der Waals surface area contributed by atoms with E-state index in [0.29, 0.717) is 5.56 Å². The van der Waals surface area contributed by atoms with Crippen molar-refractivity contribution >= 4 is 5.91 Å². The molecule has 1 amide bonds. The van der Waals surface area contributed by atoms with Gasteiger partial charge in [0.05, 0.1) is 5.60 Å². The first-order valence-electron chi connectivity index (χ1n) is 6.83.